The summed E-state index contributed by atoms with van der Waals surface area (Å²) in [7, 11) is 2.17. The van der Waals surface area contributed by atoms with E-state index in [1.54, 1.807) is 6.07 Å². The van der Waals surface area contributed by atoms with E-state index in [2.05, 4.69) is 54.5 Å². The number of carbonyl (C=O) groups excluding carboxylic acids is 1. The van der Waals surface area contributed by atoms with Crippen molar-refractivity contribution in [2.45, 2.75) is 51.0 Å². The van der Waals surface area contributed by atoms with E-state index in [1.807, 2.05) is 19.1 Å². The number of phenolic OH excluding ortho intramolecular Hbond substituents is 1. The second-order valence-electron chi connectivity index (χ2n) is 9.65. The molecule has 0 radical (unpaired) electrons. The van der Waals surface area contributed by atoms with Crippen LogP contribution in [0.2, 0.25) is 0 Å². The number of aromatic hydroxyl groups is 1. The van der Waals surface area contributed by atoms with Gasteiger partial charge in [0.05, 0.1) is 0 Å². The van der Waals surface area contributed by atoms with Gasteiger partial charge in [-0.2, -0.15) is 0 Å². The summed E-state index contributed by atoms with van der Waals surface area (Å²) in [6, 6.07) is 16.5. The molecule has 0 bridgehead atoms. The maximum atomic E-state index is 12.9. The SMILES string of the molecule is Cc1cc(C[C@@H](CNC(=O)[C@@H]2C[C@]2(C)c2ccccc2)N(C)CC2CC2)ccc1O. The molecular formula is C26H34N2O2. The van der Waals surface area contributed by atoms with Crippen LogP contribution in [0.3, 0.4) is 0 Å². The van der Waals surface area contributed by atoms with E-state index < -0.39 is 0 Å². The third-order valence-electron chi connectivity index (χ3n) is 7.10. The topological polar surface area (TPSA) is 52.6 Å². The molecule has 2 saturated carbocycles. The number of nitrogens with zero attached hydrogens (tertiary/aromatic N) is 1. The number of hydrogen-bond donors (Lipinski definition) is 2. The number of likely N-dealkylation sites (N-methyl/N-ethyl adjacent to an activating group) is 1. The second-order valence-corrected chi connectivity index (χ2v) is 9.65. The molecule has 2 N–H and O–H groups in total. The summed E-state index contributed by atoms with van der Waals surface area (Å²) in [5.41, 5.74) is 3.33. The summed E-state index contributed by atoms with van der Waals surface area (Å²) in [5, 5.41) is 13.1. The van der Waals surface area contributed by atoms with E-state index in [-0.39, 0.29) is 23.3 Å². The Labute approximate surface area is 180 Å². The number of amides is 1. The largest absolute Gasteiger partial charge is 0.508 e. The van der Waals surface area contributed by atoms with Gasteiger partial charge in [-0.05, 0) is 68.3 Å². The third-order valence-corrected chi connectivity index (χ3v) is 7.10. The van der Waals surface area contributed by atoms with Crippen LogP contribution in [-0.4, -0.2) is 42.1 Å². The molecule has 30 heavy (non-hydrogen) atoms. The summed E-state index contributed by atoms with van der Waals surface area (Å²) in [6.07, 6.45) is 4.42. The molecule has 3 atom stereocenters. The molecule has 0 saturated heterocycles. The van der Waals surface area contributed by atoms with Crippen molar-refractivity contribution in [1.82, 2.24) is 10.2 Å². The van der Waals surface area contributed by atoms with Gasteiger partial charge in [-0.15, -0.1) is 0 Å². The number of nitrogens with one attached hydrogen (secondary N) is 1. The quantitative estimate of drug-likeness (QED) is 0.661. The lowest BCUT2D eigenvalue weighted by atomic mass is 9.95. The number of benzene rings is 2. The molecule has 0 aliphatic heterocycles. The average Bonchev–Trinajstić information content (AvgIpc) is 3.66. The van der Waals surface area contributed by atoms with Crippen molar-refractivity contribution in [2.75, 3.05) is 20.1 Å². The van der Waals surface area contributed by atoms with Crippen molar-refractivity contribution >= 4 is 5.91 Å². The normalized spacial score (nSPS) is 23.9. The van der Waals surface area contributed by atoms with Crippen LogP contribution in [-0.2, 0) is 16.6 Å². The minimum atomic E-state index is -0.0329. The smallest absolute Gasteiger partial charge is 0.224 e. The van der Waals surface area contributed by atoms with E-state index in [9.17, 15) is 9.90 Å². The first-order valence-electron chi connectivity index (χ1n) is 11.2. The van der Waals surface area contributed by atoms with Gasteiger partial charge in [0, 0.05) is 30.5 Å². The Morgan fingerprint density at radius 2 is 1.97 bits per heavy atom. The van der Waals surface area contributed by atoms with Crippen molar-refractivity contribution in [2.24, 2.45) is 11.8 Å². The van der Waals surface area contributed by atoms with Crippen LogP contribution in [0.15, 0.2) is 48.5 Å². The standard InChI is InChI=1S/C26H34N2O2/c1-18-13-20(11-12-24(18)29)14-22(28(3)17-19-9-10-19)16-27-25(30)23-15-26(23,2)21-7-5-4-6-8-21/h4-8,11-13,19,22-23,29H,9-10,14-17H2,1-3H3,(H,27,30)/t22-,23-,26+/m0/s1. The summed E-state index contributed by atoms with van der Waals surface area (Å²) in [4.78, 5) is 15.4. The van der Waals surface area contributed by atoms with Gasteiger partial charge in [-0.1, -0.05) is 49.4 Å². The van der Waals surface area contributed by atoms with Gasteiger partial charge in [0.25, 0.3) is 0 Å². The fourth-order valence-corrected chi connectivity index (χ4v) is 4.58. The summed E-state index contributed by atoms with van der Waals surface area (Å²) < 4.78 is 0. The van der Waals surface area contributed by atoms with Crippen molar-refractivity contribution in [3.8, 4) is 5.75 Å². The first kappa shape index (κ1) is 20.9. The second kappa shape index (κ2) is 8.43. The van der Waals surface area contributed by atoms with Crippen molar-refractivity contribution < 1.29 is 9.90 Å². The van der Waals surface area contributed by atoms with Crippen LogP contribution in [0.5, 0.6) is 5.75 Å². The zero-order valence-electron chi connectivity index (χ0n) is 18.4. The zero-order valence-corrected chi connectivity index (χ0v) is 18.4. The first-order valence-corrected chi connectivity index (χ1v) is 11.2. The highest BCUT2D eigenvalue weighted by molar-refractivity contribution is 5.84. The van der Waals surface area contributed by atoms with E-state index in [4.69, 9.17) is 0 Å². The Bertz CT molecular complexity index is 893. The predicted octanol–water partition coefficient (Wildman–Crippen LogP) is 4.05. The number of phenols is 1. The van der Waals surface area contributed by atoms with Crippen LogP contribution in [0.4, 0.5) is 0 Å². The van der Waals surface area contributed by atoms with Gasteiger partial charge >= 0.3 is 0 Å². The molecule has 2 fully saturated rings. The van der Waals surface area contributed by atoms with E-state index >= 15 is 0 Å². The number of hydrogen-bond acceptors (Lipinski definition) is 3. The van der Waals surface area contributed by atoms with Gasteiger partial charge in [-0.25, -0.2) is 0 Å². The molecule has 2 aromatic carbocycles. The summed E-state index contributed by atoms with van der Waals surface area (Å²) in [5.74, 6) is 1.38. The summed E-state index contributed by atoms with van der Waals surface area (Å²) in [6.45, 7) is 5.87. The lowest BCUT2D eigenvalue weighted by molar-refractivity contribution is -0.122. The van der Waals surface area contributed by atoms with Gasteiger partial charge in [0.2, 0.25) is 5.91 Å². The Kier molecular flexibility index (Phi) is 5.88. The van der Waals surface area contributed by atoms with Crippen molar-refractivity contribution in [3.63, 3.8) is 0 Å². The molecule has 0 unspecified atom stereocenters. The molecular weight excluding hydrogens is 372 g/mol. The molecule has 2 aliphatic carbocycles. The molecule has 0 spiro atoms. The Balaban J connectivity index is 1.39. The Morgan fingerprint density at radius 3 is 2.63 bits per heavy atom. The number of aryl methyl sites for hydroxylation is 1. The molecule has 4 nitrogen and oxygen atoms in total. The van der Waals surface area contributed by atoms with E-state index in [0.29, 0.717) is 12.3 Å². The lowest BCUT2D eigenvalue weighted by Crippen LogP contribution is -2.45. The highest BCUT2D eigenvalue weighted by Crippen LogP contribution is 2.53. The summed E-state index contributed by atoms with van der Waals surface area (Å²) >= 11 is 0. The van der Waals surface area contributed by atoms with Crippen LogP contribution in [0, 0.1) is 18.8 Å². The Morgan fingerprint density at radius 1 is 1.23 bits per heavy atom. The fourth-order valence-electron chi connectivity index (χ4n) is 4.58. The van der Waals surface area contributed by atoms with Crippen LogP contribution in [0.1, 0.15) is 42.9 Å². The van der Waals surface area contributed by atoms with Gasteiger partial charge < -0.3 is 15.3 Å². The minimum absolute atomic E-state index is 0.0329. The van der Waals surface area contributed by atoms with Gasteiger partial charge in [-0.3, -0.25) is 4.79 Å². The van der Waals surface area contributed by atoms with Crippen LogP contribution in [0.25, 0.3) is 0 Å². The number of carbonyl (C=O) groups is 1. The van der Waals surface area contributed by atoms with Gasteiger partial charge in [0.15, 0.2) is 0 Å². The molecule has 0 heterocycles. The van der Waals surface area contributed by atoms with Crippen LogP contribution >= 0.6 is 0 Å². The van der Waals surface area contributed by atoms with Crippen molar-refractivity contribution in [1.29, 1.82) is 0 Å². The molecule has 4 rings (SSSR count). The molecule has 160 valence electrons. The zero-order chi connectivity index (χ0) is 21.3. The van der Waals surface area contributed by atoms with Crippen LogP contribution < -0.4 is 5.32 Å². The van der Waals surface area contributed by atoms with Gasteiger partial charge in [0.1, 0.15) is 5.75 Å². The van der Waals surface area contributed by atoms with E-state index in [1.165, 1.54) is 24.0 Å². The fraction of sp³-hybridized carbons (Fsp3) is 0.500. The maximum absolute atomic E-state index is 12.9. The third kappa shape index (κ3) is 4.70. The average molecular weight is 407 g/mol. The molecule has 2 aliphatic rings. The Hall–Kier alpha value is -2.33. The number of rotatable bonds is 9. The van der Waals surface area contributed by atoms with E-state index in [0.717, 1.165) is 30.9 Å². The maximum Gasteiger partial charge on any atom is 0.224 e. The van der Waals surface area contributed by atoms with Crippen molar-refractivity contribution in [3.05, 3.63) is 65.2 Å². The predicted molar refractivity (Wildman–Crippen MR) is 121 cm³/mol. The monoisotopic (exact) mass is 406 g/mol. The first-order chi connectivity index (χ1) is 14.4. The molecule has 2 aromatic rings. The molecule has 0 aromatic heterocycles. The lowest BCUT2D eigenvalue weighted by Gasteiger charge is -2.29. The molecule has 4 heteroatoms. The molecule has 1 amide bonds. The highest BCUT2D eigenvalue weighted by Gasteiger charge is 2.55. The minimum Gasteiger partial charge on any atom is -0.508 e. The highest BCUT2D eigenvalue weighted by atomic mass is 16.3.